The molecular formula is C67H70BBrCl4F2N21Na2O17P. The summed E-state index contributed by atoms with van der Waals surface area (Å²) in [6, 6.07) is 21.7. The van der Waals surface area contributed by atoms with Crippen molar-refractivity contribution in [1.29, 1.82) is 10.5 Å². The van der Waals surface area contributed by atoms with Crippen molar-refractivity contribution < 1.29 is 123 Å². The summed E-state index contributed by atoms with van der Waals surface area (Å²) >= 11 is 20.1. The van der Waals surface area contributed by atoms with Crippen LogP contribution in [-0.4, -0.2) is 109 Å². The van der Waals surface area contributed by atoms with Crippen LogP contribution in [-0.2, 0) is 9.36 Å². The fourth-order valence-electron chi connectivity index (χ4n) is 9.80. The number of anilines is 1. The number of nitriles is 2. The number of nitrogens with two attached hydrogens (primary N) is 3. The van der Waals surface area contributed by atoms with Gasteiger partial charge in [-0.05, 0) is 168 Å². The first-order valence-corrected chi connectivity index (χ1v) is 36.3. The number of hydrogen-bond acceptors (Lipinski definition) is 29. The maximum atomic E-state index is 13.1. The minimum Gasteiger partial charge on any atom is -1.00 e. The average Bonchev–Trinajstić information content (AvgIpc) is 1.63. The second-order valence-corrected chi connectivity index (χ2v) is 30.2. The molecule has 0 saturated heterocycles. The van der Waals surface area contributed by atoms with Crippen molar-refractivity contribution in [2.45, 2.75) is 89.0 Å². The van der Waals surface area contributed by atoms with Gasteiger partial charge < -0.3 is 27.1 Å². The van der Waals surface area contributed by atoms with Gasteiger partial charge in [0, 0.05) is 76.0 Å². The molecule has 0 fully saturated rings. The van der Waals surface area contributed by atoms with Crippen LogP contribution in [0.1, 0.15) is 82.9 Å². The van der Waals surface area contributed by atoms with Gasteiger partial charge in [-0.25, -0.2) is 33.4 Å². The van der Waals surface area contributed by atoms with Crippen molar-refractivity contribution in [1.82, 2.24) is 54.3 Å². The Morgan fingerprint density at radius 2 is 1.08 bits per heavy atom. The van der Waals surface area contributed by atoms with E-state index in [1.807, 2.05) is 58.9 Å². The summed E-state index contributed by atoms with van der Waals surface area (Å²) in [5, 5.41) is 108. The molecule has 11 aromatic rings. The van der Waals surface area contributed by atoms with Crippen molar-refractivity contribution >= 4 is 131 Å². The first kappa shape index (κ1) is 106. The molecule has 1 atom stereocenters. The molecule has 0 aliphatic heterocycles. The van der Waals surface area contributed by atoms with Crippen molar-refractivity contribution in [2.24, 2.45) is 11.7 Å². The number of nitrogens with zero attached hydrogens (tertiary/aromatic N) is 16. The van der Waals surface area contributed by atoms with E-state index in [0.29, 0.717) is 55.8 Å². The summed E-state index contributed by atoms with van der Waals surface area (Å²) < 4.78 is 42.8. The van der Waals surface area contributed by atoms with Crippen LogP contribution in [0.25, 0.3) is 44.8 Å². The number of carbonyl (C=O) groups excluding carboxylic acids is 1. The zero-order valence-corrected chi connectivity index (χ0v) is 73.7. The Morgan fingerprint density at radius 1 is 0.664 bits per heavy atom. The largest absolute Gasteiger partial charge is 1.00 e. The number of nitrogen functional groups attached to an aromatic ring is 1. The molecule has 116 heavy (non-hydrogen) atoms. The van der Waals surface area contributed by atoms with Gasteiger partial charge in [-0.15, -0.1) is 22.7 Å². The van der Waals surface area contributed by atoms with E-state index in [2.05, 4.69) is 95.5 Å². The number of allylic oxidation sites excluding steroid dienone is 2. The van der Waals surface area contributed by atoms with Crippen LogP contribution >= 0.6 is 67.5 Å². The van der Waals surface area contributed by atoms with E-state index in [-0.39, 0.29) is 146 Å². The Balaban J connectivity index is 0. The molecule has 0 saturated carbocycles. The van der Waals surface area contributed by atoms with E-state index < -0.39 is 54.6 Å². The molecule has 38 nitrogen and oxygen atoms in total. The van der Waals surface area contributed by atoms with Gasteiger partial charge in [0.05, 0.1) is 88.9 Å². The number of aromatic amines is 2. The van der Waals surface area contributed by atoms with Gasteiger partial charge >= 0.3 is 71.4 Å². The second-order valence-electron chi connectivity index (χ2n) is 23.2. The van der Waals surface area contributed by atoms with Gasteiger partial charge in [-0.1, -0.05) is 30.7 Å². The number of nitro groups is 5. The first-order chi connectivity index (χ1) is 52.8. The van der Waals surface area contributed by atoms with Gasteiger partial charge in [0.15, 0.2) is 23.2 Å². The summed E-state index contributed by atoms with van der Waals surface area (Å²) in [6.07, 6.45) is 6.62. The number of aryl methyl sites for hydroxylation is 10. The maximum absolute atomic E-state index is 13.1. The maximum Gasteiger partial charge on any atom is 1.00 e. The fraction of sp³-hybridized carbons (Fsp3) is 0.209. The van der Waals surface area contributed by atoms with Crippen LogP contribution in [0.2, 0.25) is 5.15 Å². The summed E-state index contributed by atoms with van der Waals surface area (Å²) in [7, 11) is -0.494. The Labute approximate surface area is 733 Å². The Morgan fingerprint density at radius 3 is 1.45 bits per heavy atom. The minimum atomic E-state index is -3.22. The standard InChI is InChI=1S/C15H13ClN4O2.C15H14N4O3.C10H11N5O2.C10H9N3O3.C7H8BFO3.C6H5FN2O2.C4H5NO.BrH.Cl3OP.H4N2.2Na.H/c1-8-4-12-14(10(3)18-19(12)13(16)5-8)15-9(2)6-11(7-17-15)20(21)22;1-8-4-12-14(10(3)17-18(12)13(20)5-8)15-9(2)6-11(7-16-15)19(21)22;1-5-3-7(15(16)17)4-12-9(5)8-6(2)13-14-10(8)11;1-6-3-8(13(15)16)5-12-10(6)9(4-11)7(2)14;1-12-6-4-2-3-5(7(6)9)8(10)11;1-4-2-5(9(10)11)3-8-6(4)7;1-4(6)2-3-5;;1-5(2,3)4;1-2;;;/h4-7H,1-3H3;4-7,17H,1-3H3;3-4H,1-2H3,(H3,11,13,14);3,5,9H,1-2H3;2-4,10-11H,1H3;2-3H,1H3;2,6H,1H3;1H;;1-2H2;;;/q;;;;;;;;;;2*+1;-1/p-1/b;;;;;;4-2-;;;;;;. The molecule has 604 valence electrons. The number of rotatable bonds is 12. The third-order valence-electron chi connectivity index (χ3n) is 14.7. The fourth-order valence-corrected chi connectivity index (χ4v) is 10.1. The number of benzene rings is 1. The second kappa shape index (κ2) is 49.0. The molecule has 10 N–H and O–H groups in total. The van der Waals surface area contributed by atoms with Crippen LogP contribution in [0.5, 0.6) is 5.75 Å². The number of aromatic nitrogens is 11. The summed E-state index contributed by atoms with van der Waals surface area (Å²) in [4.78, 5) is 93.1. The van der Waals surface area contributed by atoms with Crippen LogP contribution < -0.4 is 97.4 Å². The number of H-pyrrole nitrogens is 2. The molecule has 0 radical (unpaired) electrons. The van der Waals surface area contributed by atoms with E-state index >= 15 is 0 Å². The topological polar surface area (TPSA) is 596 Å². The summed E-state index contributed by atoms with van der Waals surface area (Å²) in [5.41, 5.74) is 18.0. The molecule has 0 spiro atoms. The van der Waals surface area contributed by atoms with Crippen LogP contribution in [0, 0.1) is 154 Å². The number of hydrazine groups is 1. The van der Waals surface area contributed by atoms with E-state index in [1.54, 1.807) is 44.3 Å². The van der Waals surface area contributed by atoms with Gasteiger partial charge in [0.1, 0.15) is 42.1 Å². The van der Waals surface area contributed by atoms with E-state index in [0.717, 1.165) is 75.0 Å². The molecule has 1 aromatic carbocycles. The van der Waals surface area contributed by atoms with E-state index in [1.165, 1.54) is 93.5 Å². The SMILES string of the molecule is Br.C/C([O-])=C/C#N.CC(=O)C(C#N)c1ncc([N+](=O)[O-])cc1C.COc1cccc(B(O)O)c1F.Cc1cc(=O)n2[nH]c(C)c(-c3ncc([N+](=O)[O-])cc3C)c2c1.Cc1cc(Cl)n2nc(C)c(-c3ncc([N+](=O)[O-])cc3C)c2c1.Cc1cc([N+](=O)[O-])cnc1-c1c(N)n[nH]c1C.Cc1cc([N+](=O)[O-])cnc1F.NN.O=P(Cl)(Cl)Cl.[H-].[Na+].[Na+]. The average molecular weight is 1790 g/mol. The number of carbonyl (C=O) groups is 1. The summed E-state index contributed by atoms with van der Waals surface area (Å²) in [5.74, 6) is 5.45. The molecule has 1 unspecified atom stereocenters. The van der Waals surface area contributed by atoms with Gasteiger partial charge in [-0.3, -0.25) is 91.6 Å². The van der Waals surface area contributed by atoms with Crippen molar-refractivity contribution in [3.05, 3.63) is 255 Å². The Bertz CT molecular complexity index is 5600. The monoisotopic (exact) mass is 1790 g/mol. The molecule has 0 amide bonds. The normalized spacial score (nSPS) is 10.3. The number of methoxy groups -OCH3 is 1. The summed E-state index contributed by atoms with van der Waals surface area (Å²) in [6.45, 7) is 20.3. The Hall–Kier alpha value is -10.2. The third-order valence-corrected chi connectivity index (χ3v) is 15.0. The number of Topliss-reactive ketones (excluding diaryl/α,β-unsaturated/α-hetero) is 1. The zero-order chi connectivity index (χ0) is 86.0. The van der Waals surface area contributed by atoms with Gasteiger partial charge in [0.2, 0.25) is 5.95 Å². The van der Waals surface area contributed by atoms with Crippen LogP contribution in [0.15, 0.2) is 120 Å². The van der Waals surface area contributed by atoms with Crippen LogP contribution in [0.4, 0.5) is 43.0 Å². The zero-order valence-electron chi connectivity index (χ0n) is 65.1. The molecule has 10 aromatic heterocycles. The number of fused-ring (bicyclic) bond motifs is 2. The van der Waals surface area contributed by atoms with Gasteiger partial charge in [-0.2, -0.15) is 25.1 Å². The first-order valence-electron chi connectivity index (χ1n) is 31.5. The molecule has 10 heterocycles. The number of ether oxygens (including phenoxy) is 1. The van der Waals surface area contributed by atoms with Crippen molar-refractivity contribution in [3.63, 3.8) is 0 Å². The molecule has 11 rings (SSSR count). The number of pyridine rings is 7. The molecule has 0 bridgehead atoms. The molecular weight excluding hydrogens is 1720 g/mol. The molecule has 49 heteroatoms. The molecule has 0 aliphatic rings. The quantitative estimate of drug-likeness (QED) is 0.00998. The number of hydrogen-bond donors (Lipinski definition) is 7. The predicted molar refractivity (Wildman–Crippen MR) is 426 cm³/mol. The predicted octanol–water partition coefficient (Wildman–Crippen LogP) is 6.53. The number of halogens is 7. The number of nitrogens with one attached hydrogen (secondary N) is 2. The van der Waals surface area contributed by atoms with Crippen LogP contribution in [0.3, 0.4) is 0 Å². The minimum absolute atomic E-state index is 0. The van der Waals surface area contributed by atoms with Crippen molar-refractivity contribution in [2.75, 3.05) is 12.8 Å². The smallest absolute Gasteiger partial charge is 1.00 e. The van der Waals surface area contributed by atoms with Gasteiger partial charge in [0.25, 0.3) is 34.0 Å². The molecule has 0 aliphatic carbocycles. The number of ketones is 1. The Kier molecular flexibility index (Phi) is 44.7. The van der Waals surface area contributed by atoms with E-state index in [9.17, 15) is 78.6 Å². The van der Waals surface area contributed by atoms with Crippen molar-refractivity contribution in [3.8, 4) is 51.7 Å². The third kappa shape index (κ3) is 30.8. The van der Waals surface area contributed by atoms with E-state index in [4.69, 9.17) is 37.9 Å².